The Morgan fingerprint density at radius 1 is 1.31 bits per heavy atom. The van der Waals surface area contributed by atoms with Gasteiger partial charge in [-0.1, -0.05) is 0 Å². The molecule has 1 aliphatic rings. The second kappa shape index (κ2) is 4.69. The van der Waals surface area contributed by atoms with Crippen molar-refractivity contribution < 1.29 is 13.9 Å². The lowest BCUT2D eigenvalue weighted by atomic mass is 10.1. The largest absolute Gasteiger partial charge is 0.393 e. The van der Waals surface area contributed by atoms with Crippen LogP contribution in [-0.4, -0.2) is 34.3 Å². The summed E-state index contributed by atoms with van der Waals surface area (Å²) in [6.45, 7) is 1.28. The molecule has 0 atom stereocenters. The number of hydrogen-bond acceptors (Lipinski definition) is 4. The fraction of sp³-hybridized carbons (Fsp3) is 0.600. The summed E-state index contributed by atoms with van der Waals surface area (Å²) < 4.78 is 24.9. The molecule has 0 unspecified atom stereocenters. The van der Waals surface area contributed by atoms with Crippen LogP contribution < -0.4 is 4.90 Å². The second-order valence-corrected chi connectivity index (χ2v) is 3.82. The number of rotatable bonds is 2. The standard InChI is InChI=1S/C10H13F2N3O/c11-10(12)8-5-9(14-6-13-8)15-3-1-7(16)2-4-15/h5-7,10,16H,1-4H2. The van der Waals surface area contributed by atoms with Gasteiger partial charge in [-0.2, -0.15) is 0 Å². The van der Waals surface area contributed by atoms with E-state index in [1.165, 1.54) is 6.07 Å². The molecule has 0 amide bonds. The van der Waals surface area contributed by atoms with Gasteiger partial charge in [0, 0.05) is 19.2 Å². The number of hydrogen-bond donors (Lipinski definition) is 1. The van der Waals surface area contributed by atoms with E-state index in [4.69, 9.17) is 0 Å². The lowest BCUT2D eigenvalue weighted by Gasteiger charge is -2.30. The van der Waals surface area contributed by atoms with Crippen molar-refractivity contribution in [1.82, 2.24) is 9.97 Å². The average Bonchev–Trinajstić information content (AvgIpc) is 2.30. The van der Waals surface area contributed by atoms with Crippen LogP contribution in [0.25, 0.3) is 0 Å². The van der Waals surface area contributed by atoms with Crippen LogP contribution in [0.3, 0.4) is 0 Å². The molecule has 1 fully saturated rings. The van der Waals surface area contributed by atoms with Gasteiger partial charge in [0.1, 0.15) is 17.8 Å². The predicted octanol–water partition coefficient (Wildman–Crippen LogP) is 1.38. The number of aromatic nitrogens is 2. The molecule has 2 rings (SSSR count). The Bertz CT molecular complexity index is 354. The van der Waals surface area contributed by atoms with Gasteiger partial charge in [-0.3, -0.25) is 0 Å². The monoisotopic (exact) mass is 229 g/mol. The Kier molecular flexibility index (Phi) is 3.28. The van der Waals surface area contributed by atoms with Crippen LogP contribution >= 0.6 is 0 Å². The lowest BCUT2D eigenvalue weighted by Crippen LogP contribution is -2.36. The molecule has 2 heterocycles. The number of alkyl halides is 2. The summed E-state index contributed by atoms with van der Waals surface area (Å²) in [5.74, 6) is 0.511. The van der Waals surface area contributed by atoms with Crippen molar-refractivity contribution in [3.05, 3.63) is 18.1 Å². The molecule has 1 aromatic heterocycles. The van der Waals surface area contributed by atoms with E-state index in [1.54, 1.807) is 0 Å². The fourth-order valence-electron chi connectivity index (χ4n) is 1.75. The molecule has 1 aliphatic heterocycles. The van der Waals surface area contributed by atoms with E-state index in [-0.39, 0.29) is 11.8 Å². The van der Waals surface area contributed by atoms with Crippen molar-refractivity contribution in [2.75, 3.05) is 18.0 Å². The summed E-state index contributed by atoms with van der Waals surface area (Å²) in [6, 6.07) is 1.31. The van der Waals surface area contributed by atoms with E-state index in [0.29, 0.717) is 31.7 Å². The van der Waals surface area contributed by atoms with Crippen molar-refractivity contribution >= 4 is 5.82 Å². The summed E-state index contributed by atoms with van der Waals surface area (Å²) in [6.07, 6.45) is -0.408. The molecule has 0 saturated carbocycles. The Morgan fingerprint density at radius 3 is 2.62 bits per heavy atom. The van der Waals surface area contributed by atoms with Crippen molar-refractivity contribution in [3.63, 3.8) is 0 Å². The average molecular weight is 229 g/mol. The summed E-state index contributed by atoms with van der Waals surface area (Å²) in [7, 11) is 0. The SMILES string of the molecule is OC1CCN(c2cc(C(F)F)ncn2)CC1. The van der Waals surface area contributed by atoms with Gasteiger partial charge < -0.3 is 10.0 Å². The molecule has 88 valence electrons. The van der Waals surface area contributed by atoms with Gasteiger partial charge in [-0.25, -0.2) is 18.7 Å². The highest BCUT2D eigenvalue weighted by Gasteiger charge is 2.19. The van der Waals surface area contributed by atoms with Crippen molar-refractivity contribution in [3.8, 4) is 0 Å². The molecular formula is C10H13F2N3O. The van der Waals surface area contributed by atoms with Gasteiger partial charge in [-0.15, -0.1) is 0 Å². The second-order valence-electron chi connectivity index (χ2n) is 3.82. The van der Waals surface area contributed by atoms with Crippen molar-refractivity contribution in [2.24, 2.45) is 0 Å². The highest BCUT2D eigenvalue weighted by atomic mass is 19.3. The van der Waals surface area contributed by atoms with Gasteiger partial charge in [0.05, 0.1) is 6.10 Å². The molecule has 6 heteroatoms. The first-order valence-electron chi connectivity index (χ1n) is 5.20. The zero-order valence-corrected chi connectivity index (χ0v) is 8.68. The van der Waals surface area contributed by atoms with Crippen LogP contribution in [0, 0.1) is 0 Å². The summed E-state index contributed by atoms with van der Waals surface area (Å²) in [4.78, 5) is 9.37. The molecule has 0 spiro atoms. The molecular weight excluding hydrogens is 216 g/mol. The van der Waals surface area contributed by atoms with Gasteiger partial charge in [0.25, 0.3) is 6.43 Å². The lowest BCUT2D eigenvalue weighted by molar-refractivity contribution is 0.143. The minimum absolute atomic E-state index is 0.254. The number of piperidine rings is 1. The maximum atomic E-state index is 12.4. The van der Waals surface area contributed by atoms with Crippen molar-refractivity contribution in [1.29, 1.82) is 0 Å². The molecule has 16 heavy (non-hydrogen) atoms. The van der Waals surface area contributed by atoms with Crippen LogP contribution in [0.5, 0.6) is 0 Å². The van der Waals surface area contributed by atoms with Gasteiger partial charge in [-0.05, 0) is 12.8 Å². The maximum Gasteiger partial charge on any atom is 0.280 e. The van der Waals surface area contributed by atoms with E-state index in [2.05, 4.69) is 9.97 Å². The molecule has 0 bridgehead atoms. The summed E-state index contributed by atoms with van der Waals surface area (Å²) >= 11 is 0. The molecule has 4 nitrogen and oxygen atoms in total. The zero-order valence-electron chi connectivity index (χ0n) is 8.68. The van der Waals surface area contributed by atoms with Crippen LogP contribution in [0.2, 0.25) is 0 Å². The van der Waals surface area contributed by atoms with Crippen LogP contribution in [0.4, 0.5) is 14.6 Å². The first kappa shape index (κ1) is 11.2. The number of anilines is 1. The maximum absolute atomic E-state index is 12.4. The zero-order chi connectivity index (χ0) is 11.5. The number of nitrogens with zero attached hydrogens (tertiary/aromatic N) is 3. The Hall–Kier alpha value is -1.30. The first-order valence-corrected chi connectivity index (χ1v) is 5.20. The van der Waals surface area contributed by atoms with E-state index < -0.39 is 6.43 Å². The topological polar surface area (TPSA) is 49.2 Å². The van der Waals surface area contributed by atoms with Crippen molar-refractivity contribution in [2.45, 2.75) is 25.4 Å². The number of aliphatic hydroxyl groups excluding tert-OH is 1. The molecule has 0 aliphatic carbocycles. The molecule has 0 aromatic carbocycles. The first-order chi connectivity index (χ1) is 7.66. The fourth-order valence-corrected chi connectivity index (χ4v) is 1.75. The van der Waals surface area contributed by atoms with E-state index in [0.717, 1.165) is 6.33 Å². The third-order valence-electron chi connectivity index (χ3n) is 2.69. The van der Waals surface area contributed by atoms with Gasteiger partial charge in [0.2, 0.25) is 0 Å². The quantitative estimate of drug-likeness (QED) is 0.832. The van der Waals surface area contributed by atoms with E-state index in [1.807, 2.05) is 4.90 Å². The molecule has 1 N–H and O–H groups in total. The van der Waals surface area contributed by atoms with E-state index in [9.17, 15) is 13.9 Å². The van der Waals surface area contributed by atoms with Gasteiger partial charge in [0.15, 0.2) is 0 Å². The van der Waals surface area contributed by atoms with Gasteiger partial charge >= 0.3 is 0 Å². The van der Waals surface area contributed by atoms with Crippen LogP contribution in [0.15, 0.2) is 12.4 Å². The minimum atomic E-state index is -2.57. The molecule has 0 radical (unpaired) electrons. The predicted molar refractivity (Wildman–Crippen MR) is 54.4 cm³/mol. The normalized spacial score (nSPS) is 18.1. The Morgan fingerprint density at radius 2 is 2.00 bits per heavy atom. The van der Waals surface area contributed by atoms with Crippen LogP contribution in [-0.2, 0) is 0 Å². The van der Waals surface area contributed by atoms with E-state index >= 15 is 0 Å². The Labute approximate surface area is 91.9 Å². The molecule has 1 aromatic rings. The smallest absolute Gasteiger partial charge is 0.280 e. The number of halogens is 2. The third-order valence-corrected chi connectivity index (χ3v) is 2.69. The highest BCUT2D eigenvalue weighted by molar-refractivity contribution is 5.39. The molecule has 1 saturated heterocycles. The third kappa shape index (κ3) is 2.44. The Balaban J connectivity index is 2.11. The van der Waals surface area contributed by atoms with Crippen LogP contribution in [0.1, 0.15) is 25.0 Å². The summed E-state index contributed by atoms with van der Waals surface area (Å²) in [5.41, 5.74) is -0.254. The summed E-state index contributed by atoms with van der Waals surface area (Å²) in [5, 5.41) is 9.34. The minimum Gasteiger partial charge on any atom is -0.393 e. The number of aliphatic hydroxyl groups is 1. The highest BCUT2D eigenvalue weighted by Crippen LogP contribution is 2.22.